The van der Waals surface area contributed by atoms with Gasteiger partial charge in [-0.05, 0) is 43.0 Å². The lowest BCUT2D eigenvalue weighted by Crippen LogP contribution is -2.44. The fourth-order valence-corrected chi connectivity index (χ4v) is 2.74. The maximum atomic E-state index is 13.4. The smallest absolute Gasteiger partial charge is 0.123 e. The molecule has 1 saturated heterocycles. The number of methoxy groups -OCH3 is 1. The molecule has 0 amide bonds. The largest absolute Gasteiger partial charge is 0.379 e. The van der Waals surface area contributed by atoms with Crippen LogP contribution in [0, 0.1) is 11.7 Å². The lowest BCUT2D eigenvalue weighted by atomic mass is 9.94. The van der Waals surface area contributed by atoms with Crippen LogP contribution >= 0.6 is 0 Å². The van der Waals surface area contributed by atoms with Crippen molar-refractivity contribution in [3.05, 3.63) is 29.6 Å². The zero-order valence-corrected chi connectivity index (χ0v) is 11.9. The third kappa shape index (κ3) is 3.07. The first-order valence-electron chi connectivity index (χ1n) is 6.85. The summed E-state index contributed by atoms with van der Waals surface area (Å²) < 4.78 is 18.9. The van der Waals surface area contributed by atoms with Gasteiger partial charge in [-0.1, -0.05) is 6.92 Å². The molecule has 0 radical (unpaired) electrons. The Morgan fingerprint density at radius 2 is 2.21 bits per heavy atom. The van der Waals surface area contributed by atoms with E-state index in [-0.39, 0.29) is 18.0 Å². The molecular formula is C15H23FN2O. The summed E-state index contributed by atoms with van der Waals surface area (Å²) in [6.45, 7) is 5.90. The topological polar surface area (TPSA) is 38.5 Å². The van der Waals surface area contributed by atoms with E-state index in [0.717, 1.165) is 30.8 Å². The van der Waals surface area contributed by atoms with Crippen LogP contribution in [0.1, 0.15) is 31.9 Å². The van der Waals surface area contributed by atoms with Gasteiger partial charge >= 0.3 is 0 Å². The van der Waals surface area contributed by atoms with Gasteiger partial charge in [0.1, 0.15) is 5.82 Å². The number of nitrogens with zero attached hydrogens (tertiary/aromatic N) is 1. The number of hydrogen-bond donors (Lipinski definition) is 1. The maximum Gasteiger partial charge on any atom is 0.123 e. The van der Waals surface area contributed by atoms with Crippen molar-refractivity contribution in [1.82, 2.24) is 0 Å². The Kier molecular flexibility index (Phi) is 4.42. The van der Waals surface area contributed by atoms with Crippen molar-refractivity contribution in [3.8, 4) is 0 Å². The van der Waals surface area contributed by atoms with E-state index in [1.165, 1.54) is 6.07 Å². The van der Waals surface area contributed by atoms with E-state index < -0.39 is 0 Å². The standard InChI is InChI=1S/C15H23FN2O/c1-10-6-7-18(9-15(10)19-3)14-5-4-12(16)8-13(14)11(2)17/h4-5,8,10-11,15H,6-7,9,17H2,1-3H3/t10?,11-,15?/m1/s1. The van der Waals surface area contributed by atoms with E-state index in [4.69, 9.17) is 10.5 Å². The van der Waals surface area contributed by atoms with Crippen LogP contribution in [-0.4, -0.2) is 26.3 Å². The number of piperidine rings is 1. The molecule has 3 atom stereocenters. The van der Waals surface area contributed by atoms with Crippen molar-refractivity contribution in [2.45, 2.75) is 32.4 Å². The molecule has 1 aromatic rings. The van der Waals surface area contributed by atoms with Gasteiger partial charge in [-0.25, -0.2) is 4.39 Å². The number of nitrogens with two attached hydrogens (primary N) is 1. The monoisotopic (exact) mass is 266 g/mol. The third-order valence-corrected chi connectivity index (χ3v) is 4.01. The summed E-state index contributed by atoms with van der Waals surface area (Å²) in [5.41, 5.74) is 7.86. The molecular weight excluding hydrogens is 243 g/mol. The second-order valence-corrected chi connectivity index (χ2v) is 5.48. The van der Waals surface area contributed by atoms with Crippen LogP contribution in [0.5, 0.6) is 0 Å². The molecule has 0 aromatic heterocycles. The maximum absolute atomic E-state index is 13.4. The lowest BCUT2D eigenvalue weighted by Gasteiger charge is -2.38. The quantitative estimate of drug-likeness (QED) is 0.914. The van der Waals surface area contributed by atoms with Gasteiger partial charge in [-0.2, -0.15) is 0 Å². The highest BCUT2D eigenvalue weighted by molar-refractivity contribution is 5.55. The Labute approximate surface area is 114 Å². The molecule has 1 fully saturated rings. The van der Waals surface area contributed by atoms with Crippen LogP contribution in [-0.2, 0) is 4.74 Å². The van der Waals surface area contributed by atoms with Crippen molar-refractivity contribution < 1.29 is 9.13 Å². The van der Waals surface area contributed by atoms with Crippen LogP contribution in [0.15, 0.2) is 18.2 Å². The summed E-state index contributed by atoms with van der Waals surface area (Å²) in [6, 6.07) is 4.70. The molecule has 2 rings (SSSR count). The zero-order chi connectivity index (χ0) is 14.0. The van der Waals surface area contributed by atoms with Gasteiger partial charge in [-0.3, -0.25) is 0 Å². The minimum absolute atomic E-state index is 0.175. The number of halogens is 1. The van der Waals surface area contributed by atoms with Crippen LogP contribution < -0.4 is 10.6 Å². The summed E-state index contributed by atoms with van der Waals surface area (Å²) in [6.07, 6.45) is 1.30. The normalized spacial score (nSPS) is 25.4. The average Bonchev–Trinajstić information content (AvgIpc) is 2.39. The lowest BCUT2D eigenvalue weighted by molar-refractivity contribution is 0.0498. The summed E-state index contributed by atoms with van der Waals surface area (Å²) in [4.78, 5) is 2.26. The molecule has 1 heterocycles. The fourth-order valence-electron chi connectivity index (χ4n) is 2.74. The summed E-state index contributed by atoms with van der Waals surface area (Å²) in [5, 5.41) is 0. The average molecular weight is 266 g/mol. The minimum Gasteiger partial charge on any atom is -0.379 e. The number of hydrogen-bond acceptors (Lipinski definition) is 3. The van der Waals surface area contributed by atoms with E-state index >= 15 is 0 Å². The molecule has 0 bridgehead atoms. The van der Waals surface area contributed by atoms with Crippen molar-refractivity contribution in [3.63, 3.8) is 0 Å². The van der Waals surface area contributed by atoms with Gasteiger partial charge < -0.3 is 15.4 Å². The molecule has 19 heavy (non-hydrogen) atoms. The highest BCUT2D eigenvalue weighted by atomic mass is 19.1. The first-order chi connectivity index (χ1) is 9.02. The molecule has 4 heteroatoms. The second-order valence-electron chi connectivity index (χ2n) is 5.48. The minimum atomic E-state index is -0.232. The van der Waals surface area contributed by atoms with E-state index in [0.29, 0.717) is 5.92 Å². The summed E-state index contributed by atoms with van der Waals surface area (Å²) in [7, 11) is 1.75. The molecule has 1 aliphatic heterocycles. The highest BCUT2D eigenvalue weighted by Crippen LogP contribution is 2.30. The van der Waals surface area contributed by atoms with Gasteiger partial charge in [0.2, 0.25) is 0 Å². The first-order valence-corrected chi connectivity index (χ1v) is 6.85. The Bertz CT molecular complexity index is 436. The number of ether oxygens (including phenoxy) is 1. The van der Waals surface area contributed by atoms with Crippen molar-refractivity contribution in [1.29, 1.82) is 0 Å². The van der Waals surface area contributed by atoms with E-state index in [9.17, 15) is 4.39 Å². The molecule has 3 nitrogen and oxygen atoms in total. The van der Waals surface area contributed by atoms with Crippen molar-refractivity contribution in [2.24, 2.45) is 11.7 Å². The van der Waals surface area contributed by atoms with Crippen molar-refractivity contribution >= 4 is 5.69 Å². The number of benzene rings is 1. The molecule has 106 valence electrons. The zero-order valence-electron chi connectivity index (χ0n) is 11.9. The molecule has 1 aliphatic rings. The number of rotatable bonds is 3. The van der Waals surface area contributed by atoms with E-state index in [1.807, 2.05) is 13.0 Å². The Morgan fingerprint density at radius 1 is 1.47 bits per heavy atom. The van der Waals surface area contributed by atoms with Crippen LogP contribution in [0.3, 0.4) is 0 Å². The predicted octanol–water partition coefficient (Wildman–Crippen LogP) is 2.71. The molecule has 2 N–H and O–H groups in total. The fraction of sp³-hybridized carbons (Fsp3) is 0.600. The Hall–Kier alpha value is -1.13. The van der Waals surface area contributed by atoms with Gasteiger partial charge in [0.25, 0.3) is 0 Å². The third-order valence-electron chi connectivity index (χ3n) is 4.01. The number of anilines is 1. The molecule has 0 spiro atoms. The first kappa shape index (κ1) is 14.3. The van der Waals surface area contributed by atoms with Gasteiger partial charge in [0.05, 0.1) is 6.10 Å². The van der Waals surface area contributed by atoms with Gasteiger partial charge in [0, 0.05) is 31.9 Å². The summed E-state index contributed by atoms with van der Waals surface area (Å²) >= 11 is 0. The van der Waals surface area contributed by atoms with Crippen molar-refractivity contribution in [2.75, 3.05) is 25.1 Å². The van der Waals surface area contributed by atoms with E-state index in [2.05, 4.69) is 11.8 Å². The van der Waals surface area contributed by atoms with Crippen LogP contribution in [0.4, 0.5) is 10.1 Å². The SMILES string of the molecule is COC1CN(c2ccc(F)cc2[C@@H](C)N)CCC1C. The predicted molar refractivity (Wildman–Crippen MR) is 75.8 cm³/mol. The Morgan fingerprint density at radius 3 is 2.84 bits per heavy atom. The Balaban J connectivity index is 2.26. The molecule has 0 aliphatic carbocycles. The van der Waals surface area contributed by atoms with Crippen LogP contribution in [0.25, 0.3) is 0 Å². The summed E-state index contributed by atoms with van der Waals surface area (Å²) in [5.74, 6) is 0.324. The highest BCUT2D eigenvalue weighted by Gasteiger charge is 2.27. The molecule has 1 aromatic carbocycles. The van der Waals surface area contributed by atoms with E-state index in [1.54, 1.807) is 13.2 Å². The van der Waals surface area contributed by atoms with Crippen LogP contribution in [0.2, 0.25) is 0 Å². The van der Waals surface area contributed by atoms with Gasteiger partial charge in [0.15, 0.2) is 0 Å². The van der Waals surface area contributed by atoms with Gasteiger partial charge in [-0.15, -0.1) is 0 Å². The molecule has 0 saturated carbocycles. The molecule has 2 unspecified atom stereocenters. The second kappa shape index (κ2) is 5.88.